The number of hydrogen-bond acceptors (Lipinski definition) is 4. The largest absolute Gasteiger partial charge is 0.325 e. The van der Waals surface area contributed by atoms with E-state index in [1.165, 1.54) is 20.9 Å². The summed E-state index contributed by atoms with van der Waals surface area (Å²) < 4.78 is 0. The van der Waals surface area contributed by atoms with Crippen molar-refractivity contribution in [1.29, 1.82) is 0 Å². The molecule has 0 radical (unpaired) electrons. The molecule has 3 aromatic carbocycles. The van der Waals surface area contributed by atoms with Crippen molar-refractivity contribution in [2.75, 3.05) is 0 Å². The van der Waals surface area contributed by atoms with E-state index in [-0.39, 0.29) is 37.0 Å². The minimum Gasteiger partial charge on any atom is -0.323 e. The van der Waals surface area contributed by atoms with Crippen LogP contribution in [-0.2, 0) is 48.4 Å². The lowest BCUT2D eigenvalue weighted by molar-refractivity contribution is -0.132. The van der Waals surface area contributed by atoms with Crippen LogP contribution in [0.5, 0.6) is 0 Å². The molecule has 0 aromatic heterocycles. The van der Waals surface area contributed by atoms with Gasteiger partial charge >= 0.3 is 12.1 Å². The molecular formula is C32H30N4O4. The van der Waals surface area contributed by atoms with Gasteiger partial charge in [0.1, 0.15) is 11.1 Å². The highest BCUT2D eigenvalue weighted by Crippen LogP contribution is 2.35. The van der Waals surface area contributed by atoms with E-state index in [1.807, 2.05) is 60.7 Å². The quantitative estimate of drug-likeness (QED) is 0.500. The molecule has 2 atom stereocenters. The lowest BCUT2D eigenvalue weighted by Crippen LogP contribution is -2.51. The van der Waals surface area contributed by atoms with E-state index in [1.54, 1.807) is 0 Å². The van der Waals surface area contributed by atoms with Gasteiger partial charge in [0, 0.05) is 12.8 Å². The summed E-state index contributed by atoms with van der Waals surface area (Å²) in [6.45, 7) is 0.333. The Labute approximate surface area is 232 Å². The highest BCUT2D eigenvalue weighted by atomic mass is 16.2. The average Bonchev–Trinajstić information content (AvgIpc) is 3.32. The topological polar surface area (TPSA) is 98.8 Å². The van der Waals surface area contributed by atoms with Crippen LogP contribution in [0.15, 0.2) is 72.8 Å². The van der Waals surface area contributed by atoms with Gasteiger partial charge in [0.15, 0.2) is 0 Å². The van der Waals surface area contributed by atoms with Crippen molar-refractivity contribution >= 4 is 23.9 Å². The minimum atomic E-state index is -0.884. The summed E-state index contributed by atoms with van der Waals surface area (Å²) in [7, 11) is 0. The maximum Gasteiger partial charge on any atom is 0.325 e. The number of fused-ring (bicyclic) bond motifs is 2. The van der Waals surface area contributed by atoms with Crippen LogP contribution < -0.4 is 10.6 Å². The number of nitrogens with zero attached hydrogens (tertiary/aromatic N) is 2. The molecule has 2 N–H and O–H groups in total. The highest BCUT2D eigenvalue weighted by molar-refractivity contribution is 6.08. The van der Waals surface area contributed by atoms with Crippen LogP contribution in [0.25, 0.3) is 0 Å². The molecular weight excluding hydrogens is 504 g/mol. The Hall–Kier alpha value is -4.46. The standard InChI is InChI=1S/C32H30N4O4/c37-27-31(15-13-23-5-1-3-7-25(23)17-31)33-29(39)35(27)19-21-9-11-22(12-10-21)20-36-28(38)32(34-30(36)40)16-14-24-6-2-4-8-26(24)18-32/h1-12H,13-20H2,(H,33,39)(H,34,40). The van der Waals surface area contributed by atoms with E-state index >= 15 is 0 Å². The Bertz CT molecular complexity index is 1450. The third kappa shape index (κ3) is 3.89. The molecule has 2 unspecified atom stereocenters. The second kappa shape index (κ2) is 9.05. The summed E-state index contributed by atoms with van der Waals surface area (Å²) in [4.78, 5) is 55.2. The molecule has 2 saturated heterocycles. The van der Waals surface area contributed by atoms with Crippen molar-refractivity contribution in [3.8, 4) is 0 Å². The molecule has 2 spiro atoms. The zero-order valence-electron chi connectivity index (χ0n) is 22.1. The molecule has 40 heavy (non-hydrogen) atoms. The molecule has 2 aliphatic heterocycles. The van der Waals surface area contributed by atoms with E-state index < -0.39 is 11.1 Å². The fourth-order valence-electron chi connectivity index (χ4n) is 6.80. The van der Waals surface area contributed by atoms with Crippen molar-refractivity contribution in [2.45, 2.75) is 62.7 Å². The van der Waals surface area contributed by atoms with Gasteiger partial charge in [-0.05, 0) is 59.1 Å². The maximum absolute atomic E-state index is 13.5. The molecule has 2 heterocycles. The summed E-state index contributed by atoms with van der Waals surface area (Å²) in [6, 6.07) is 22.8. The Kier molecular flexibility index (Phi) is 5.56. The van der Waals surface area contributed by atoms with E-state index in [9.17, 15) is 19.2 Å². The normalized spacial score (nSPS) is 25.3. The maximum atomic E-state index is 13.5. The van der Waals surface area contributed by atoms with Crippen LogP contribution in [0.1, 0.15) is 46.2 Å². The predicted octanol–water partition coefficient (Wildman–Crippen LogP) is 3.65. The number of hydrogen-bond donors (Lipinski definition) is 2. The number of aryl methyl sites for hydroxylation is 2. The first-order valence-corrected chi connectivity index (χ1v) is 13.9. The van der Waals surface area contributed by atoms with Gasteiger partial charge < -0.3 is 10.6 Å². The van der Waals surface area contributed by atoms with E-state index in [2.05, 4.69) is 22.8 Å². The second-order valence-corrected chi connectivity index (χ2v) is 11.5. The molecule has 202 valence electrons. The first-order chi connectivity index (χ1) is 19.4. The van der Waals surface area contributed by atoms with Crippen LogP contribution in [0, 0.1) is 0 Å². The van der Waals surface area contributed by atoms with Crippen molar-refractivity contribution in [2.24, 2.45) is 0 Å². The average molecular weight is 535 g/mol. The van der Waals surface area contributed by atoms with Crippen molar-refractivity contribution < 1.29 is 19.2 Å². The van der Waals surface area contributed by atoms with Gasteiger partial charge in [-0.1, -0.05) is 72.8 Å². The van der Waals surface area contributed by atoms with Crippen LogP contribution in [0.4, 0.5) is 9.59 Å². The van der Waals surface area contributed by atoms with E-state index in [4.69, 9.17) is 0 Å². The third-order valence-corrected chi connectivity index (χ3v) is 9.06. The van der Waals surface area contributed by atoms with E-state index in [0.717, 1.165) is 35.1 Å². The second-order valence-electron chi connectivity index (χ2n) is 11.5. The number of carbonyl (C=O) groups is 4. The Balaban J connectivity index is 1.02. The summed E-state index contributed by atoms with van der Waals surface area (Å²) in [5.74, 6) is -0.371. The number of nitrogens with one attached hydrogen (secondary N) is 2. The molecule has 2 fully saturated rings. The number of benzene rings is 3. The summed E-state index contributed by atoms with van der Waals surface area (Å²) in [5.41, 5.74) is 4.51. The number of urea groups is 2. The lowest BCUT2D eigenvalue weighted by atomic mass is 9.78. The van der Waals surface area contributed by atoms with Gasteiger partial charge in [-0.15, -0.1) is 0 Å². The van der Waals surface area contributed by atoms with Crippen molar-refractivity contribution in [1.82, 2.24) is 20.4 Å². The van der Waals surface area contributed by atoms with Gasteiger partial charge in [-0.25, -0.2) is 9.59 Å². The predicted molar refractivity (Wildman–Crippen MR) is 147 cm³/mol. The SMILES string of the molecule is O=C1NC2(CCc3ccccc3C2)C(=O)N1Cc1ccc(CN2C(=O)NC3(CCc4ccccc4C3)C2=O)cc1. The molecule has 3 aromatic rings. The monoisotopic (exact) mass is 534 g/mol. The zero-order valence-corrected chi connectivity index (χ0v) is 22.1. The molecule has 8 heteroatoms. The Morgan fingerprint density at radius 2 is 0.925 bits per heavy atom. The van der Waals surface area contributed by atoms with Gasteiger partial charge in [0.25, 0.3) is 11.8 Å². The fourth-order valence-corrected chi connectivity index (χ4v) is 6.80. The number of carbonyl (C=O) groups excluding carboxylic acids is 4. The molecule has 0 bridgehead atoms. The molecule has 0 saturated carbocycles. The van der Waals surface area contributed by atoms with Crippen LogP contribution in [0.3, 0.4) is 0 Å². The summed E-state index contributed by atoms with van der Waals surface area (Å²) >= 11 is 0. The fraction of sp³-hybridized carbons (Fsp3) is 0.312. The number of amides is 6. The molecule has 4 aliphatic rings. The Morgan fingerprint density at radius 3 is 1.32 bits per heavy atom. The van der Waals surface area contributed by atoms with Crippen molar-refractivity contribution in [3.05, 3.63) is 106 Å². The molecule has 6 amide bonds. The minimum absolute atomic E-state index is 0.167. The molecule has 2 aliphatic carbocycles. The zero-order chi connectivity index (χ0) is 27.5. The van der Waals surface area contributed by atoms with Crippen LogP contribution in [0.2, 0.25) is 0 Å². The molecule has 7 rings (SSSR count). The van der Waals surface area contributed by atoms with Crippen LogP contribution >= 0.6 is 0 Å². The third-order valence-electron chi connectivity index (χ3n) is 9.06. The van der Waals surface area contributed by atoms with Crippen LogP contribution in [-0.4, -0.2) is 44.8 Å². The lowest BCUT2D eigenvalue weighted by Gasteiger charge is -2.32. The van der Waals surface area contributed by atoms with Gasteiger partial charge in [-0.2, -0.15) is 0 Å². The van der Waals surface area contributed by atoms with Gasteiger partial charge in [0.2, 0.25) is 0 Å². The summed E-state index contributed by atoms with van der Waals surface area (Å²) in [6.07, 6.45) is 3.68. The van der Waals surface area contributed by atoms with Gasteiger partial charge in [0.05, 0.1) is 13.1 Å². The first kappa shape index (κ1) is 24.6. The first-order valence-electron chi connectivity index (χ1n) is 13.9. The van der Waals surface area contributed by atoms with Gasteiger partial charge in [-0.3, -0.25) is 19.4 Å². The Morgan fingerprint density at radius 1 is 0.550 bits per heavy atom. The molecule has 8 nitrogen and oxygen atoms in total. The highest BCUT2D eigenvalue weighted by Gasteiger charge is 2.53. The smallest absolute Gasteiger partial charge is 0.323 e. The van der Waals surface area contributed by atoms with Crippen molar-refractivity contribution in [3.63, 3.8) is 0 Å². The number of rotatable bonds is 4. The van der Waals surface area contributed by atoms with E-state index in [0.29, 0.717) is 25.7 Å². The summed E-state index contributed by atoms with van der Waals surface area (Å²) in [5, 5.41) is 5.97. The number of imide groups is 2.